The minimum atomic E-state index is -0.953. The van der Waals surface area contributed by atoms with Crippen molar-refractivity contribution in [2.45, 2.75) is 142 Å². The molecule has 1 spiro atoms. The Balaban J connectivity index is 1.40. The van der Waals surface area contributed by atoms with Crippen molar-refractivity contribution in [1.82, 2.24) is 0 Å². The third kappa shape index (κ3) is 7.35. The molecule has 0 saturated carbocycles. The highest BCUT2D eigenvalue weighted by molar-refractivity contribution is 7.80. The van der Waals surface area contributed by atoms with Gasteiger partial charge in [0.2, 0.25) is 5.90 Å². The number of nitrogens with zero attached hydrogens (tertiary/aromatic N) is 1. The summed E-state index contributed by atoms with van der Waals surface area (Å²) in [5.74, 6) is 0.815. The Morgan fingerprint density at radius 1 is 0.544 bits per heavy atom. The number of benzene rings is 5. The topological polar surface area (TPSA) is 21.6 Å². The lowest BCUT2D eigenvalue weighted by Crippen LogP contribution is -2.34. The molecule has 57 heavy (non-hydrogen) atoms. The van der Waals surface area contributed by atoms with Gasteiger partial charge in [-0.05, 0) is 127 Å². The van der Waals surface area contributed by atoms with Gasteiger partial charge in [-0.3, -0.25) is 0 Å². The van der Waals surface area contributed by atoms with Crippen molar-refractivity contribution in [1.29, 1.82) is 0 Å². The molecule has 0 radical (unpaired) electrons. The molecule has 0 aromatic heterocycles. The van der Waals surface area contributed by atoms with Crippen molar-refractivity contribution in [2.24, 2.45) is 4.99 Å². The van der Waals surface area contributed by atoms with Gasteiger partial charge >= 0.3 is 0 Å². The van der Waals surface area contributed by atoms with Gasteiger partial charge < -0.3 is 4.74 Å². The van der Waals surface area contributed by atoms with Crippen LogP contribution in [0, 0.1) is 0 Å². The number of aryl methyl sites for hydroxylation is 2. The molecule has 0 bridgehead atoms. The van der Waals surface area contributed by atoms with Gasteiger partial charge in [0.1, 0.15) is 12.6 Å². The first-order valence-electron chi connectivity index (χ1n) is 21.4. The minimum Gasteiger partial charge on any atom is -0.475 e. The van der Waals surface area contributed by atoms with Crippen LogP contribution in [-0.4, -0.2) is 12.5 Å². The van der Waals surface area contributed by atoms with Crippen LogP contribution in [0.15, 0.2) is 108 Å². The highest BCUT2D eigenvalue weighted by atomic mass is 31.1. The first-order valence-corrected chi connectivity index (χ1v) is 22.7. The van der Waals surface area contributed by atoms with Crippen LogP contribution in [0.1, 0.15) is 158 Å². The Labute approximate surface area is 345 Å². The molecular weight excluding hydrogens is 710 g/mol. The van der Waals surface area contributed by atoms with Crippen molar-refractivity contribution >= 4 is 29.7 Å². The van der Waals surface area contributed by atoms with Gasteiger partial charge in [0.15, 0.2) is 0 Å². The summed E-state index contributed by atoms with van der Waals surface area (Å²) in [5.41, 5.74) is 14.1. The van der Waals surface area contributed by atoms with Crippen molar-refractivity contribution in [3.05, 3.63) is 159 Å². The van der Waals surface area contributed by atoms with Crippen LogP contribution in [-0.2, 0) is 44.7 Å². The van der Waals surface area contributed by atoms with E-state index < -0.39 is 7.92 Å². The normalized spacial score (nSPS) is 19.5. The van der Waals surface area contributed by atoms with Crippen molar-refractivity contribution in [2.75, 3.05) is 6.61 Å². The summed E-state index contributed by atoms with van der Waals surface area (Å²) in [6, 6.07) is 40.2. The van der Waals surface area contributed by atoms with E-state index in [1.54, 1.807) is 5.56 Å². The van der Waals surface area contributed by atoms with Gasteiger partial charge in [-0.25, -0.2) is 4.99 Å². The minimum absolute atomic E-state index is 0.0135. The number of fused-ring (bicyclic) bond motifs is 4. The van der Waals surface area contributed by atoms with Crippen molar-refractivity contribution in [3.8, 4) is 0 Å². The largest absolute Gasteiger partial charge is 0.475 e. The van der Waals surface area contributed by atoms with E-state index in [0.29, 0.717) is 6.61 Å². The molecule has 2 nitrogen and oxygen atoms in total. The average Bonchev–Trinajstić information content (AvgIpc) is 3.89. The van der Waals surface area contributed by atoms with E-state index in [2.05, 4.69) is 186 Å². The van der Waals surface area contributed by atoms with Crippen LogP contribution in [0.2, 0.25) is 0 Å². The number of hydrogen-bond donors (Lipinski definition) is 0. The zero-order valence-corrected chi connectivity index (χ0v) is 37.6. The molecule has 3 aliphatic rings. The Bertz CT molecular complexity index is 2210. The van der Waals surface area contributed by atoms with Crippen LogP contribution < -0.4 is 15.9 Å². The zero-order chi connectivity index (χ0) is 40.7. The molecule has 2 atom stereocenters. The Hall–Kier alpha value is -4.00. The Morgan fingerprint density at radius 3 is 1.51 bits per heavy atom. The predicted octanol–water partition coefficient (Wildman–Crippen LogP) is 12.3. The highest BCUT2D eigenvalue weighted by Crippen LogP contribution is 2.56. The van der Waals surface area contributed by atoms with Crippen LogP contribution >= 0.6 is 7.92 Å². The third-order valence-corrected chi connectivity index (χ3v) is 15.4. The summed E-state index contributed by atoms with van der Waals surface area (Å²) in [7, 11) is -0.953. The number of aliphatic imine (C=N–C) groups is 1. The lowest BCUT2D eigenvalue weighted by atomic mass is 9.74. The molecule has 1 aliphatic heterocycles. The van der Waals surface area contributed by atoms with Gasteiger partial charge in [-0.15, -0.1) is 0 Å². The molecule has 0 amide bonds. The molecule has 5 aromatic rings. The molecule has 1 heterocycles. The number of hydrogen-bond acceptors (Lipinski definition) is 2. The fourth-order valence-electron chi connectivity index (χ4n) is 9.54. The van der Waals surface area contributed by atoms with E-state index in [-0.39, 0.29) is 33.1 Å². The molecule has 0 saturated heterocycles. The van der Waals surface area contributed by atoms with Crippen LogP contribution in [0.25, 0.3) is 0 Å². The van der Waals surface area contributed by atoms with E-state index in [0.717, 1.165) is 31.6 Å². The molecule has 0 fully saturated rings. The van der Waals surface area contributed by atoms with Gasteiger partial charge in [0, 0.05) is 11.0 Å². The SMILES string of the molecule is CC(C)(C)c1cc(P(c2cc(C(C)(C)C)cc(C(C)(C)C)c2)c2cccc3c2[C@@]2(CCc4cccc(C5=N[C@@H](c6ccccc6)CO5)c42)CC3)cc(C(C)(C)C)c1. The quantitative estimate of drug-likeness (QED) is 0.163. The maximum absolute atomic E-state index is 6.57. The van der Waals surface area contributed by atoms with Crippen LogP contribution in [0.4, 0.5) is 0 Å². The molecule has 0 unspecified atom stereocenters. The lowest BCUT2D eigenvalue weighted by Gasteiger charge is -2.35. The smallest absolute Gasteiger partial charge is 0.217 e. The van der Waals surface area contributed by atoms with Gasteiger partial charge in [-0.2, -0.15) is 0 Å². The van der Waals surface area contributed by atoms with E-state index in [9.17, 15) is 0 Å². The fraction of sp³-hybridized carbons (Fsp3) is 0.426. The summed E-state index contributed by atoms with van der Waals surface area (Å²) in [4.78, 5) is 5.30. The predicted molar refractivity (Wildman–Crippen MR) is 245 cm³/mol. The second kappa shape index (κ2) is 14.1. The molecule has 0 N–H and O–H groups in total. The number of rotatable bonds is 5. The molecule has 3 heteroatoms. The van der Waals surface area contributed by atoms with Crippen molar-refractivity contribution < 1.29 is 4.74 Å². The van der Waals surface area contributed by atoms with E-state index in [4.69, 9.17) is 9.73 Å². The molecular formula is C54H64NOP. The van der Waals surface area contributed by atoms with E-state index in [1.807, 2.05) is 0 Å². The first-order chi connectivity index (χ1) is 26.7. The van der Waals surface area contributed by atoms with Crippen LogP contribution in [0.5, 0.6) is 0 Å². The number of ether oxygens (including phenoxy) is 1. The standard InChI is InChI=1S/C54H64NOP/c1-50(2,3)38-28-39(51(4,5)6)31-42(30-38)57(43-32-40(52(7,8)9)29-41(33-43)53(10,11)12)46-23-17-21-37-25-27-54(48(37)46)26-24-36-20-16-22-44(47(36)54)49-55-45(34-56-49)35-18-14-13-15-19-35/h13-23,28-33,45H,24-27,34H2,1-12H3/t45-,54+/m1/s1. The monoisotopic (exact) mass is 773 g/mol. The maximum atomic E-state index is 6.57. The first kappa shape index (κ1) is 39.8. The average molecular weight is 774 g/mol. The summed E-state index contributed by atoms with van der Waals surface area (Å²) in [6.07, 6.45) is 4.40. The van der Waals surface area contributed by atoms with Gasteiger partial charge in [0.25, 0.3) is 0 Å². The second-order valence-corrected chi connectivity index (χ2v) is 23.5. The summed E-state index contributed by atoms with van der Waals surface area (Å²) < 4.78 is 6.57. The summed E-state index contributed by atoms with van der Waals surface area (Å²) in [5, 5.41) is 4.45. The van der Waals surface area contributed by atoms with Crippen LogP contribution in [0.3, 0.4) is 0 Å². The summed E-state index contributed by atoms with van der Waals surface area (Å²) >= 11 is 0. The molecule has 296 valence electrons. The summed E-state index contributed by atoms with van der Waals surface area (Å²) in [6.45, 7) is 29.1. The van der Waals surface area contributed by atoms with Gasteiger partial charge in [-0.1, -0.05) is 180 Å². The molecule has 5 aromatic carbocycles. The van der Waals surface area contributed by atoms with E-state index >= 15 is 0 Å². The fourth-order valence-corrected chi connectivity index (χ4v) is 12.3. The third-order valence-electron chi connectivity index (χ3n) is 13.0. The molecule has 2 aliphatic carbocycles. The van der Waals surface area contributed by atoms with Crippen molar-refractivity contribution in [3.63, 3.8) is 0 Å². The Kier molecular flexibility index (Phi) is 9.84. The second-order valence-electron chi connectivity index (χ2n) is 21.3. The van der Waals surface area contributed by atoms with E-state index in [1.165, 1.54) is 66.0 Å². The van der Waals surface area contributed by atoms with Gasteiger partial charge in [0.05, 0.1) is 0 Å². The molecule has 8 rings (SSSR count). The highest BCUT2D eigenvalue weighted by Gasteiger charge is 2.49. The lowest BCUT2D eigenvalue weighted by molar-refractivity contribution is 0.319. The zero-order valence-electron chi connectivity index (χ0n) is 36.7. The maximum Gasteiger partial charge on any atom is 0.217 e. The Morgan fingerprint density at radius 2 is 1.02 bits per heavy atom.